The number of fused-ring (bicyclic) bond motifs is 1. The lowest BCUT2D eigenvalue weighted by Crippen LogP contribution is -2.10. The first-order valence-corrected chi connectivity index (χ1v) is 6.52. The summed E-state index contributed by atoms with van der Waals surface area (Å²) in [4.78, 5) is 22.8. The molecule has 0 saturated heterocycles. The van der Waals surface area contributed by atoms with Crippen LogP contribution in [0.2, 0.25) is 0 Å². The van der Waals surface area contributed by atoms with E-state index < -0.39 is 5.63 Å². The third-order valence-electron chi connectivity index (χ3n) is 2.70. The Hall–Kier alpha value is -2.30. The third kappa shape index (κ3) is 3.60. The molecule has 0 spiro atoms. The molecule has 0 bridgehead atoms. The monoisotopic (exact) mass is 276 g/mol. The molecule has 2 aromatic rings. The highest BCUT2D eigenvalue weighted by molar-refractivity contribution is 5.77. The normalized spacial score (nSPS) is 10.4. The molecule has 1 aromatic heterocycles. The van der Waals surface area contributed by atoms with Gasteiger partial charge in [-0.25, -0.2) is 4.79 Å². The highest BCUT2D eigenvalue weighted by Crippen LogP contribution is 2.16. The smallest absolute Gasteiger partial charge is 0.379 e. The molecule has 0 amide bonds. The lowest BCUT2D eigenvalue weighted by Gasteiger charge is -2.05. The van der Waals surface area contributed by atoms with Crippen LogP contribution in [0.5, 0.6) is 5.75 Å². The highest BCUT2D eigenvalue weighted by atomic mass is 16.5. The molecule has 0 radical (unpaired) electrons. The van der Waals surface area contributed by atoms with E-state index in [1.807, 2.05) is 12.1 Å². The minimum absolute atomic E-state index is 0.160. The van der Waals surface area contributed by atoms with E-state index in [2.05, 4.69) is 0 Å². The van der Waals surface area contributed by atoms with Gasteiger partial charge in [-0.2, -0.15) is 0 Å². The van der Waals surface area contributed by atoms with Crippen molar-refractivity contribution in [3.63, 3.8) is 0 Å². The van der Waals surface area contributed by atoms with E-state index in [1.54, 1.807) is 25.1 Å². The molecule has 2 rings (SSSR count). The Labute approximate surface area is 116 Å². The first-order valence-electron chi connectivity index (χ1n) is 6.52. The standard InChI is InChI=1S/C15H16O5/c1-2-18-14(16)8-5-9-19-13-10-11-6-3-4-7-12(11)20-15(13)17/h3-4,6-7,10H,2,5,8-9H2,1H3. The molecular formula is C15H16O5. The van der Waals surface area contributed by atoms with E-state index >= 15 is 0 Å². The SMILES string of the molecule is CCOC(=O)CCCOc1cc2ccccc2oc1=O. The van der Waals surface area contributed by atoms with E-state index in [4.69, 9.17) is 13.9 Å². The van der Waals surface area contributed by atoms with Crippen molar-refractivity contribution in [2.75, 3.05) is 13.2 Å². The second-order valence-electron chi connectivity index (χ2n) is 4.19. The van der Waals surface area contributed by atoms with Gasteiger partial charge in [0, 0.05) is 11.8 Å². The predicted molar refractivity (Wildman–Crippen MR) is 73.8 cm³/mol. The van der Waals surface area contributed by atoms with Crippen LogP contribution in [0.15, 0.2) is 39.5 Å². The van der Waals surface area contributed by atoms with Crippen molar-refractivity contribution in [2.24, 2.45) is 0 Å². The zero-order chi connectivity index (χ0) is 14.4. The Morgan fingerprint density at radius 1 is 1.30 bits per heavy atom. The van der Waals surface area contributed by atoms with E-state index in [0.29, 0.717) is 18.6 Å². The zero-order valence-electron chi connectivity index (χ0n) is 11.3. The Kier molecular flexibility index (Phi) is 4.76. The molecule has 0 aliphatic heterocycles. The van der Waals surface area contributed by atoms with Gasteiger partial charge in [0.25, 0.3) is 0 Å². The lowest BCUT2D eigenvalue weighted by atomic mass is 10.2. The Bertz CT molecular complexity index is 644. The summed E-state index contributed by atoms with van der Waals surface area (Å²) in [7, 11) is 0. The number of carbonyl (C=O) groups excluding carboxylic acids is 1. The van der Waals surface area contributed by atoms with Gasteiger partial charge in [0.05, 0.1) is 13.2 Å². The minimum Gasteiger partial charge on any atom is -0.487 e. The summed E-state index contributed by atoms with van der Waals surface area (Å²) in [6.45, 7) is 2.39. The molecule has 5 nitrogen and oxygen atoms in total. The van der Waals surface area contributed by atoms with Crippen LogP contribution in [0, 0.1) is 0 Å². The second-order valence-corrected chi connectivity index (χ2v) is 4.19. The Morgan fingerprint density at radius 3 is 2.90 bits per heavy atom. The van der Waals surface area contributed by atoms with Crippen molar-refractivity contribution < 1.29 is 18.7 Å². The molecule has 0 N–H and O–H groups in total. The number of rotatable bonds is 6. The van der Waals surface area contributed by atoms with Gasteiger partial charge in [-0.05, 0) is 25.5 Å². The summed E-state index contributed by atoms with van der Waals surface area (Å²) in [5, 5.41) is 0.799. The average Bonchev–Trinajstić information content (AvgIpc) is 2.44. The van der Waals surface area contributed by atoms with Gasteiger partial charge in [0.1, 0.15) is 5.58 Å². The number of hydrogen-bond donors (Lipinski definition) is 0. The molecule has 20 heavy (non-hydrogen) atoms. The topological polar surface area (TPSA) is 65.7 Å². The summed E-state index contributed by atoms with van der Waals surface area (Å²) in [6, 6.07) is 8.86. The van der Waals surface area contributed by atoms with Crippen LogP contribution in [-0.2, 0) is 9.53 Å². The van der Waals surface area contributed by atoms with E-state index in [-0.39, 0.29) is 24.7 Å². The fourth-order valence-corrected chi connectivity index (χ4v) is 1.78. The molecule has 1 heterocycles. The average molecular weight is 276 g/mol. The van der Waals surface area contributed by atoms with Crippen molar-refractivity contribution in [2.45, 2.75) is 19.8 Å². The van der Waals surface area contributed by atoms with Gasteiger partial charge in [-0.15, -0.1) is 0 Å². The molecule has 0 fully saturated rings. The number of hydrogen-bond acceptors (Lipinski definition) is 5. The predicted octanol–water partition coefficient (Wildman–Crippen LogP) is 2.52. The van der Waals surface area contributed by atoms with Gasteiger partial charge in [-0.1, -0.05) is 18.2 Å². The van der Waals surface area contributed by atoms with E-state index in [9.17, 15) is 9.59 Å². The molecule has 0 atom stereocenters. The molecule has 5 heteroatoms. The van der Waals surface area contributed by atoms with Crippen molar-refractivity contribution in [1.29, 1.82) is 0 Å². The van der Waals surface area contributed by atoms with Gasteiger partial charge in [0.15, 0.2) is 0 Å². The maximum Gasteiger partial charge on any atom is 0.379 e. The van der Waals surface area contributed by atoms with Gasteiger partial charge >= 0.3 is 11.6 Å². The Balaban J connectivity index is 1.94. The number of benzene rings is 1. The van der Waals surface area contributed by atoms with Crippen molar-refractivity contribution >= 4 is 16.9 Å². The fourth-order valence-electron chi connectivity index (χ4n) is 1.78. The van der Waals surface area contributed by atoms with Crippen LogP contribution in [0.3, 0.4) is 0 Å². The molecule has 0 saturated carbocycles. The Morgan fingerprint density at radius 2 is 2.10 bits per heavy atom. The quantitative estimate of drug-likeness (QED) is 0.461. The molecule has 0 aliphatic rings. The summed E-state index contributed by atoms with van der Waals surface area (Å²) in [5.74, 6) is -0.103. The summed E-state index contributed by atoms with van der Waals surface area (Å²) >= 11 is 0. The number of esters is 1. The van der Waals surface area contributed by atoms with Crippen molar-refractivity contribution in [3.05, 3.63) is 40.8 Å². The van der Waals surface area contributed by atoms with Gasteiger partial charge in [-0.3, -0.25) is 4.79 Å². The van der Waals surface area contributed by atoms with Crippen molar-refractivity contribution in [1.82, 2.24) is 0 Å². The minimum atomic E-state index is -0.514. The van der Waals surface area contributed by atoms with Crippen LogP contribution < -0.4 is 10.4 Å². The molecule has 0 unspecified atom stereocenters. The van der Waals surface area contributed by atoms with Crippen LogP contribution in [-0.4, -0.2) is 19.2 Å². The van der Waals surface area contributed by atoms with Crippen LogP contribution in [0.25, 0.3) is 11.0 Å². The highest BCUT2D eigenvalue weighted by Gasteiger charge is 2.07. The van der Waals surface area contributed by atoms with Crippen molar-refractivity contribution in [3.8, 4) is 5.75 Å². The summed E-state index contributed by atoms with van der Waals surface area (Å²) < 4.78 is 15.3. The van der Waals surface area contributed by atoms with Gasteiger partial charge in [0.2, 0.25) is 5.75 Å². The number of ether oxygens (including phenoxy) is 2. The second kappa shape index (κ2) is 6.75. The summed E-state index contributed by atoms with van der Waals surface area (Å²) in [6.07, 6.45) is 0.762. The molecule has 106 valence electrons. The maximum atomic E-state index is 11.7. The molecular weight excluding hydrogens is 260 g/mol. The van der Waals surface area contributed by atoms with Gasteiger partial charge < -0.3 is 13.9 Å². The first kappa shape index (κ1) is 14.1. The molecule has 0 aliphatic carbocycles. The van der Waals surface area contributed by atoms with E-state index in [0.717, 1.165) is 5.39 Å². The van der Waals surface area contributed by atoms with Crippen LogP contribution in [0.1, 0.15) is 19.8 Å². The summed E-state index contributed by atoms with van der Waals surface area (Å²) in [5.41, 5.74) is 0.0104. The third-order valence-corrected chi connectivity index (χ3v) is 2.70. The lowest BCUT2D eigenvalue weighted by molar-refractivity contribution is -0.143. The largest absolute Gasteiger partial charge is 0.487 e. The number of para-hydroxylation sites is 1. The zero-order valence-corrected chi connectivity index (χ0v) is 11.3. The van der Waals surface area contributed by atoms with Crippen LogP contribution in [0.4, 0.5) is 0 Å². The first-order chi connectivity index (χ1) is 9.70. The number of carbonyl (C=O) groups is 1. The fraction of sp³-hybridized carbons (Fsp3) is 0.333. The van der Waals surface area contributed by atoms with Crippen LogP contribution >= 0.6 is 0 Å². The van der Waals surface area contributed by atoms with E-state index in [1.165, 1.54) is 0 Å². The maximum absolute atomic E-state index is 11.7. The molecule has 1 aromatic carbocycles.